The van der Waals surface area contributed by atoms with Gasteiger partial charge in [0.2, 0.25) is 0 Å². The molecule has 162 valence electrons. The van der Waals surface area contributed by atoms with E-state index in [9.17, 15) is 4.79 Å². The van der Waals surface area contributed by atoms with Crippen LogP contribution in [0.3, 0.4) is 0 Å². The van der Waals surface area contributed by atoms with Crippen LogP contribution < -0.4 is 10.3 Å². The first-order chi connectivity index (χ1) is 14.4. The van der Waals surface area contributed by atoms with Gasteiger partial charge in [-0.25, -0.2) is 4.98 Å². The van der Waals surface area contributed by atoms with Crippen molar-refractivity contribution in [3.63, 3.8) is 0 Å². The van der Waals surface area contributed by atoms with Gasteiger partial charge in [0.15, 0.2) is 0 Å². The molecule has 0 amide bonds. The minimum absolute atomic E-state index is 0.0865. The van der Waals surface area contributed by atoms with Crippen LogP contribution in [0.2, 0.25) is 0 Å². The van der Waals surface area contributed by atoms with Gasteiger partial charge in [-0.1, -0.05) is 26.8 Å². The summed E-state index contributed by atoms with van der Waals surface area (Å²) in [5, 5.41) is 0.751. The Morgan fingerprint density at radius 3 is 2.50 bits per heavy atom. The maximum absolute atomic E-state index is 13.7. The molecule has 30 heavy (non-hydrogen) atoms. The van der Waals surface area contributed by atoms with Gasteiger partial charge in [-0.05, 0) is 56.6 Å². The highest BCUT2D eigenvalue weighted by atomic mass is 32.1. The summed E-state index contributed by atoms with van der Waals surface area (Å²) in [6.45, 7) is 14.1. The Hall–Kier alpha value is -2.18. The number of thiophene rings is 1. The molecule has 0 fully saturated rings. The van der Waals surface area contributed by atoms with Crippen LogP contribution in [0.1, 0.15) is 43.5 Å². The van der Waals surface area contributed by atoms with Crippen molar-refractivity contribution in [1.82, 2.24) is 14.5 Å². The van der Waals surface area contributed by atoms with Crippen molar-refractivity contribution in [2.75, 3.05) is 26.7 Å². The van der Waals surface area contributed by atoms with E-state index in [0.29, 0.717) is 6.54 Å². The second-order valence-electron chi connectivity index (χ2n) is 7.66. The van der Waals surface area contributed by atoms with Crippen molar-refractivity contribution in [3.8, 4) is 16.9 Å². The third-order valence-electron chi connectivity index (χ3n) is 5.76. The zero-order valence-corrected chi connectivity index (χ0v) is 19.9. The first-order valence-electron chi connectivity index (χ1n) is 10.8. The summed E-state index contributed by atoms with van der Waals surface area (Å²) >= 11 is 1.62. The van der Waals surface area contributed by atoms with Gasteiger partial charge in [0.25, 0.3) is 5.56 Å². The number of fused-ring (bicyclic) bond motifs is 1. The second kappa shape index (κ2) is 9.75. The Kier molecular flexibility index (Phi) is 7.32. The van der Waals surface area contributed by atoms with Crippen LogP contribution in [0, 0.1) is 13.8 Å². The average Bonchev–Trinajstić information content (AvgIpc) is 3.06. The smallest absolute Gasteiger partial charge is 0.262 e. The van der Waals surface area contributed by atoms with Crippen LogP contribution in [0.5, 0.6) is 5.75 Å². The molecular formula is C24H33N3O2S. The molecule has 0 N–H and O–H groups in total. The van der Waals surface area contributed by atoms with E-state index in [1.807, 2.05) is 23.6 Å². The van der Waals surface area contributed by atoms with E-state index in [-0.39, 0.29) is 5.56 Å². The van der Waals surface area contributed by atoms with Gasteiger partial charge in [-0.2, -0.15) is 0 Å². The Morgan fingerprint density at radius 2 is 1.90 bits per heavy atom. The SMILES string of the molecule is CCCc1nc2sc(C)c(-c3ccc(OC)c(C)c3)c2c(=O)n1CCN(CC)CC. The molecule has 6 heteroatoms. The first-order valence-corrected chi connectivity index (χ1v) is 11.7. The fourth-order valence-electron chi connectivity index (χ4n) is 4.04. The monoisotopic (exact) mass is 427 g/mol. The number of methoxy groups -OCH3 is 1. The summed E-state index contributed by atoms with van der Waals surface area (Å²) < 4.78 is 7.33. The molecule has 0 saturated carbocycles. The highest BCUT2D eigenvalue weighted by molar-refractivity contribution is 7.19. The fourth-order valence-corrected chi connectivity index (χ4v) is 5.10. The van der Waals surface area contributed by atoms with Crippen LogP contribution in [0.15, 0.2) is 23.0 Å². The molecule has 0 radical (unpaired) electrons. The molecule has 0 aliphatic rings. The number of likely N-dealkylation sites (N-methyl/N-ethyl adjacent to an activating group) is 1. The maximum Gasteiger partial charge on any atom is 0.262 e. The van der Waals surface area contributed by atoms with Gasteiger partial charge in [0.1, 0.15) is 16.4 Å². The van der Waals surface area contributed by atoms with Crippen molar-refractivity contribution in [2.45, 2.75) is 54.0 Å². The molecule has 2 aromatic heterocycles. The van der Waals surface area contributed by atoms with Gasteiger partial charge in [-0.3, -0.25) is 9.36 Å². The quantitative estimate of drug-likeness (QED) is 0.480. The number of aryl methyl sites for hydroxylation is 3. The van der Waals surface area contributed by atoms with Crippen molar-refractivity contribution < 1.29 is 4.74 Å². The molecule has 1 aromatic carbocycles. The molecule has 0 aliphatic heterocycles. The Bertz CT molecular complexity index is 1080. The predicted octanol–water partition coefficient (Wildman–Crippen LogP) is 5.04. The summed E-state index contributed by atoms with van der Waals surface area (Å²) in [7, 11) is 1.68. The lowest BCUT2D eigenvalue weighted by Crippen LogP contribution is -2.33. The number of benzene rings is 1. The summed E-state index contributed by atoms with van der Waals surface area (Å²) in [6, 6.07) is 6.12. The lowest BCUT2D eigenvalue weighted by molar-refractivity contribution is 0.287. The maximum atomic E-state index is 13.7. The lowest BCUT2D eigenvalue weighted by atomic mass is 10.0. The number of nitrogens with zero attached hydrogens (tertiary/aromatic N) is 3. The molecule has 0 aliphatic carbocycles. The van der Waals surface area contributed by atoms with Gasteiger partial charge in [0.05, 0.1) is 12.5 Å². The zero-order valence-electron chi connectivity index (χ0n) is 19.0. The third-order valence-corrected chi connectivity index (χ3v) is 6.76. The zero-order chi connectivity index (χ0) is 21.8. The van der Waals surface area contributed by atoms with E-state index >= 15 is 0 Å². The van der Waals surface area contributed by atoms with Crippen LogP contribution in [0.4, 0.5) is 0 Å². The topological polar surface area (TPSA) is 47.4 Å². The third kappa shape index (κ3) is 4.30. The Labute approximate surface area is 183 Å². The van der Waals surface area contributed by atoms with Gasteiger partial charge >= 0.3 is 0 Å². The second-order valence-corrected chi connectivity index (χ2v) is 8.86. The van der Waals surface area contributed by atoms with Gasteiger partial charge in [-0.15, -0.1) is 11.3 Å². The normalized spacial score (nSPS) is 11.6. The molecule has 0 spiro atoms. The number of aromatic nitrogens is 2. The largest absolute Gasteiger partial charge is 0.496 e. The molecule has 3 aromatic rings. The van der Waals surface area contributed by atoms with Crippen molar-refractivity contribution >= 4 is 21.6 Å². The van der Waals surface area contributed by atoms with Crippen LogP contribution in [-0.4, -0.2) is 41.2 Å². The number of rotatable bonds is 9. The molecule has 0 atom stereocenters. The van der Waals surface area contributed by atoms with Crippen LogP contribution in [0.25, 0.3) is 21.3 Å². The van der Waals surface area contributed by atoms with E-state index in [2.05, 4.69) is 38.7 Å². The number of hydrogen-bond acceptors (Lipinski definition) is 5. The van der Waals surface area contributed by atoms with E-state index in [1.165, 1.54) is 0 Å². The lowest BCUT2D eigenvalue weighted by Gasteiger charge is -2.20. The fraction of sp³-hybridized carbons (Fsp3) is 0.500. The van der Waals surface area contributed by atoms with Crippen molar-refractivity contribution in [2.24, 2.45) is 0 Å². The van der Waals surface area contributed by atoms with E-state index in [0.717, 1.165) is 75.8 Å². The highest BCUT2D eigenvalue weighted by Gasteiger charge is 2.20. The Balaban J connectivity index is 2.18. The van der Waals surface area contributed by atoms with Crippen LogP contribution >= 0.6 is 11.3 Å². The van der Waals surface area contributed by atoms with E-state index in [4.69, 9.17) is 9.72 Å². The molecule has 3 rings (SSSR count). The van der Waals surface area contributed by atoms with Crippen molar-refractivity contribution in [3.05, 3.63) is 44.8 Å². The first kappa shape index (κ1) is 22.5. The molecule has 0 bridgehead atoms. The average molecular weight is 428 g/mol. The highest BCUT2D eigenvalue weighted by Crippen LogP contribution is 2.37. The summed E-state index contributed by atoms with van der Waals surface area (Å²) in [6.07, 6.45) is 1.79. The molecule has 0 unspecified atom stereocenters. The number of hydrogen-bond donors (Lipinski definition) is 0. The van der Waals surface area contributed by atoms with E-state index in [1.54, 1.807) is 18.4 Å². The minimum atomic E-state index is 0.0865. The van der Waals surface area contributed by atoms with E-state index < -0.39 is 0 Å². The molecular weight excluding hydrogens is 394 g/mol. The summed E-state index contributed by atoms with van der Waals surface area (Å²) in [4.78, 5) is 23.0. The molecule has 2 heterocycles. The molecule has 5 nitrogen and oxygen atoms in total. The predicted molar refractivity (Wildman–Crippen MR) is 127 cm³/mol. The number of ether oxygens (including phenoxy) is 1. The molecule has 0 saturated heterocycles. The summed E-state index contributed by atoms with van der Waals surface area (Å²) in [5.74, 6) is 1.76. The minimum Gasteiger partial charge on any atom is -0.496 e. The van der Waals surface area contributed by atoms with Crippen LogP contribution in [-0.2, 0) is 13.0 Å². The van der Waals surface area contributed by atoms with Crippen molar-refractivity contribution in [1.29, 1.82) is 0 Å². The standard InChI is InChI=1S/C24H33N3O2S/c1-7-10-20-25-23-22(24(28)27(20)14-13-26(8-2)9-3)21(17(5)30-23)18-11-12-19(29-6)16(4)15-18/h11-12,15H,7-10,13-14H2,1-6H3. The Morgan fingerprint density at radius 1 is 1.17 bits per heavy atom. The summed E-state index contributed by atoms with van der Waals surface area (Å²) in [5.41, 5.74) is 3.21. The van der Waals surface area contributed by atoms with Gasteiger partial charge in [0, 0.05) is 30.0 Å². The van der Waals surface area contributed by atoms with Gasteiger partial charge < -0.3 is 9.64 Å².